The Balaban J connectivity index is 2.92. The van der Waals surface area contributed by atoms with Crippen molar-refractivity contribution in [2.45, 2.75) is 11.1 Å². The van der Waals surface area contributed by atoms with Gasteiger partial charge in [0.2, 0.25) is 0 Å². The van der Waals surface area contributed by atoms with E-state index in [1.807, 2.05) is 0 Å². The van der Waals surface area contributed by atoms with Gasteiger partial charge in [-0.3, -0.25) is 9.00 Å². The predicted octanol–water partition coefficient (Wildman–Crippen LogP) is 1.99. The van der Waals surface area contributed by atoms with Crippen LogP contribution in [0, 0.1) is 0 Å². The number of alkyl halides is 3. The number of methoxy groups -OCH3 is 1. The summed E-state index contributed by atoms with van der Waals surface area (Å²) in [6.45, 7) is 0. The highest BCUT2D eigenvalue weighted by molar-refractivity contribution is 7.85. The number of halogens is 3. The molecule has 17 heavy (non-hydrogen) atoms. The minimum atomic E-state index is -4.49. The lowest BCUT2D eigenvalue weighted by atomic mass is 10.2. The molecule has 0 spiro atoms. The Hall–Kier alpha value is -1.37. The molecular weight excluding hydrogens is 257 g/mol. The fourth-order valence-corrected chi connectivity index (χ4v) is 2.05. The fraction of sp³-hybridized carbons (Fsp3) is 0.300. The van der Waals surface area contributed by atoms with E-state index in [1.165, 1.54) is 6.07 Å². The second-order valence-corrected chi connectivity index (χ2v) is 4.54. The number of ether oxygens (including phenoxy) is 1. The van der Waals surface area contributed by atoms with Crippen molar-refractivity contribution in [3.63, 3.8) is 0 Å². The van der Waals surface area contributed by atoms with E-state index in [2.05, 4.69) is 4.74 Å². The third-order valence-electron chi connectivity index (χ3n) is 1.90. The first kappa shape index (κ1) is 13.7. The van der Waals surface area contributed by atoms with Gasteiger partial charge in [-0.2, -0.15) is 13.2 Å². The van der Waals surface area contributed by atoms with Crippen LogP contribution in [0.4, 0.5) is 13.2 Å². The van der Waals surface area contributed by atoms with Crippen LogP contribution in [0.25, 0.3) is 0 Å². The van der Waals surface area contributed by atoms with Crippen molar-refractivity contribution in [3.05, 3.63) is 29.8 Å². The molecule has 1 aromatic carbocycles. The zero-order chi connectivity index (χ0) is 13.1. The van der Waals surface area contributed by atoms with E-state index in [-0.39, 0.29) is 4.90 Å². The standard InChI is InChI=1S/C10H9F3O3S/c1-16-9(14)6-17(15)8-4-2-3-7(5-8)10(11,12)13/h2-5H,6H2,1H3. The number of carbonyl (C=O) groups excluding carboxylic acids is 1. The van der Waals surface area contributed by atoms with Crippen LogP contribution < -0.4 is 0 Å². The number of hydrogen-bond acceptors (Lipinski definition) is 3. The quantitative estimate of drug-likeness (QED) is 0.786. The summed E-state index contributed by atoms with van der Waals surface area (Å²) in [5.41, 5.74) is -0.895. The summed E-state index contributed by atoms with van der Waals surface area (Å²) >= 11 is 0. The Bertz CT molecular complexity index is 443. The average Bonchev–Trinajstić information content (AvgIpc) is 2.28. The topological polar surface area (TPSA) is 43.4 Å². The SMILES string of the molecule is COC(=O)CS(=O)c1cccc(C(F)(F)F)c1. The summed E-state index contributed by atoms with van der Waals surface area (Å²) in [5, 5.41) is 0. The Kier molecular flexibility index (Phi) is 4.28. The molecule has 7 heteroatoms. The Morgan fingerprint density at radius 2 is 2.06 bits per heavy atom. The lowest BCUT2D eigenvalue weighted by Crippen LogP contribution is -2.13. The van der Waals surface area contributed by atoms with Crippen LogP contribution in [-0.4, -0.2) is 23.0 Å². The highest BCUT2D eigenvalue weighted by Crippen LogP contribution is 2.30. The van der Waals surface area contributed by atoms with Crippen molar-refractivity contribution in [2.75, 3.05) is 12.9 Å². The third kappa shape index (κ3) is 3.85. The number of hydrogen-bond donors (Lipinski definition) is 0. The molecule has 0 bridgehead atoms. The summed E-state index contributed by atoms with van der Waals surface area (Å²) in [4.78, 5) is 10.8. The van der Waals surface area contributed by atoms with Crippen LogP contribution in [0.1, 0.15) is 5.56 Å². The molecule has 3 nitrogen and oxygen atoms in total. The molecule has 0 aliphatic carbocycles. The van der Waals surface area contributed by atoms with Gasteiger partial charge in [0.1, 0.15) is 5.75 Å². The number of rotatable bonds is 3. The van der Waals surface area contributed by atoms with Crippen molar-refractivity contribution in [1.82, 2.24) is 0 Å². The van der Waals surface area contributed by atoms with Gasteiger partial charge in [0.25, 0.3) is 0 Å². The third-order valence-corrected chi connectivity index (χ3v) is 3.18. The molecule has 0 amide bonds. The maximum Gasteiger partial charge on any atom is 0.416 e. The molecule has 1 atom stereocenters. The summed E-state index contributed by atoms with van der Waals surface area (Å²) in [6.07, 6.45) is -4.49. The van der Waals surface area contributed by atoms with Crippen LogP contribution >= 0.6 is 0 Å². The van der Waals surface area contributed by atoms with Gasteiger partial charge in [-0.05, 0) is 18.2 Å². The van der Waals surface area contributed by atoms with Crippen LogP contribution in [0.15, 0.2) is 29.2 Å². The van der Waals surface area contributed by atoms with Crippen LogP contribution in [0.2, 0.25) is 0 Å². The molecule has 1 unspecified atom stereocenters. The van der Waals surface area contributed by atoms with E-state index >= 15 is 0 Å². The van der Waals surface area contributed by atoms with Gasteiger partial charge in [-0.15, -0.1) is 0 Å². The molecule has 0 saturated heterocycles. The maximum atomic E-state index is 12.4. The van der Waals surface area contributed by atoms with Gasteiger partial charge in [-0.25, -0.2) is 0 Å². The van der Waals surface area contributed by atoms with Crippen LogP contribution in [-0.2, 0) is 26.5 Å². The molecule has 0 aliphatic rings. The predicted molar refractivity (Wildman–Crippen MR) is 54.7 cm³/mol. The van der Waals surface area contributed by atoms with E-state index in [0.717, 1.165) is 25.3 Å². The van der Waals surface area contributed by atoms with E-state index in [4.69, 9.17) is 0 Å². The van der Waals surface area contributed by atoms with E-state index in [1.54, 1.807) is 0 Å². The molecule has 0 radical (unpaired) electrons. The Morgan fingerprint density at radius 3 is 2.59 bits per heavy atom. The van der Waals surface area contributed by atoms with E-state index < -0.39 is 34.3 Å². The van der Waals surface area contributed by atoms with Gasteiger partial charge in [-0.1, -0.05) is 6.07 Å². The fourth-order valence-electron chi connectivity index (χ4n) is 1.06. The Morgan fingerprint density at radius 1 is 1.41 bits per heavy atom. The van der Waals surface area contributed by atoms with Crippen LogP contribution in [0.5, 0.6) is 0 Å². The van der Waals surface area contributed by atoms with Gasteiger partial charge in [0.05, 0.1) is 23.5 Å². The molecule has 94 valence electrons. The first-order valence-electron chi connectivity index (χ1n) is 4.47. The highest BCUT2D eigenvalue weighted by Gasteiger charge is 2.30. The van der Waals surface area contributed by atoms with Gasteiger partial charge in [0.15, 0.2) is 0 Å². The zero-order valence-electron chi connectivity index (χ0n) is 8.78. The summed E-state index contributed by atoms with van der Waals surface area (Å²) in [6, 6.07) is 4.06. The molecule has 0 aliphatic heterocycles. The zero-order valence-corrected chi connectivity index (χ0v) is 9.60. The largest absolute Gasteiger partial charge is 0.468 e. The molecule has 0 aromatic heterocycles. The van der Waals surface area contributed by atoms with Crippen molar-refractivity contribution >= 4 is 16.8 Å². The first-order valence-corrected chi connectivity index (χ1v) is 5.79. The molecule has 0 fully saturated rings. The molecule has 1 rings (SSSR count). The molecule has 0 saturated carbocycles. The van der Waals surface area contributed by atoms with Crippen molar-refractivity contribution in [1.29, 1.82) is 0 Å². The smallest absolute Gasteiger partial charge is 0.416 e. The lowest BCUT2D eigenvalue weighted by molar-refractivity contribution is -0.138. The van der Waals surface area contributed by atoms with Gasteiger partial charge in [0, 0.05) is 4.90 Å². The lowest BCUT2D eigenvalue weighted by Gasteiger charge is -2.08. The second kappa shape index (κ2) is 5.31. The molecule has 1 aromatic rings. The van der Waals surface area contributed by atoms with Crippen LogP contribution in [0.3, 0.4) is 0 Å². The normalized spacial score (nSPS) is 13.2. The minimum Gasteiger partial charge on any atom is -0.468 e. The average molecular weight is 266 g/mol. The van der Waals surface area contributed by atoms with Crippen molar-refractivity contribution < 1.29 is 26.9 Å². The number of esters is 1. The summed E-state index contributed by atoms with van der Waals surface area (Å²) in [5.74, 6) is -1.20. The number of carbonyl (C=O) groups is 1. The monoisotopic (exact) mass is 266 g/mol. The van der Waals surface area contributed by atoms with Crippen molar-refractivity contribution in [2.24, 2.45) is 0 Å². The first-order chi connectivity index (χ1) is 7.84. The molecule has 0 heterocycles. The minimum absolute atomic E-state index is 0.0507. The van der Waals surface area contributed by atoms with E-state index in [0.29, 0.717) is 0 Å². The maximum absolute atomic E-state index is 12.4. The summed E-state index contributed by atoms with van der Waals surface area (Å²) in [7, 11) is -0.716. The number of benzene rings is 1. The Labute approximate surface area is 98.0 Å². The second-order valence-electron chi connectivity index (χ2n) is 3.09. The van der Waals surface area contributed by atoms with Gasteiger partial charge >= 0.3 is 12.1 Å². The molecule has 0 N–H and O–H groups in total. The highest BCUT2D eigenvalue weighted by atomic mass is 32.2. The van der Waals surface area contributed by atoms with Gasteiger partial charge < -0.3 is 4.74 Å². The van der Waals surface area contributed by atoms with Crippen molar-refractivity contribution in [3.8, 4) is 0 Å². The van der Waals surface area contributed by atoms with E-state index in [9.17, 15) is 22.2 Å². The summed E-state index contributed by atoms with van der Waals surface area (Å²) < 4.78 is 52.9. The molecular formula is C10H9F3O3S.